The fourth-order valence-electron chi connectivity index (χ4n) is 2.67. The van der Waals surface area contributed by atoms with Crippen molar-refractivity contribution in [2.45, 2.75) is 12.5 Å². The molecule has 124 valence electrons. The van der Waals surface area contributed by atoms with Crippen molar-refractivity contribution in [2.24, 2.45) is 5.73 Å². The van der Waals surface area contributed by atoms with Crippen LogP contribution in [0.3, 0.4) is 0 Å². The van der Waals surface area contributed by atoms with Gasteiger partial charge < -0.3 is 24.7 Å². The molecular formula is C18H23NO4. The van der Waals surface area contributed by atoms with Gasteiger partial charge in [0.15, 0.2) is 23.0 Å². The summed E-state index contributed by atoms with van der Waals surface area (Å²) in [5.74, 6) is 2.71. The summed E-state index contributed by atoms with van der Waals surface area (Å²) in [7, 11) is 6.46. The smallest absolute Gasteiger partial charge is 0.165 e. The van der Waals surface area contributed by atoms with E-state index in [-0.39, 0.29) is 6.04 Å². The Kier molecular flexibility index (Phi) is 5.71. The van der Waals surface area contributed by atoms with E-state index >= 15 is 0 Å². The fourth-order valence-corrected chi connectivity index (χ4v) is 2.67. The van der Waals surface area contributed by atoms with Crippen molar-refractivity contribution in [2.75, 3.05) is 28.4 Å². The van der Waals surface area contributed by atoms with E-state index in [1.165, 1.54) is 0 Å². The van der Waals surface area contributed by atoms with E-state index in [0.29, 0.717) is 29.4 Å². The second kappa shape index (κ2) is 7.74. The lowest BCUT2D eigenvalue weighted by Gasteiger charge is -2.19. The van der Waals surface area contributed by atoms with Gasteiger partial charge in [0, 0.05) is 11.6 Å². The van der Waals surface area contributed by atoms with Crippen LogP contribution >= 0.6 is 0 Å². The molecule has 0 saturated carbocycles. The first-order valence-electron chi connectivity index (χ1n) is 7.32. The van der Waals surface area contributed by atoms with Crippen molar-refractivity contribution < 1.29 is 18.9 Å². The van der Waals surface area contributed by atoms with Gasteiger partial charge in [0.2, 0.25) is 0 Å². The van der Waals surface area contributed by atoms with Crippen molar-refractivity contribution in [1.29, 1.82) is 0 Å². The first-order chi connectivity index (χ1) is 11.2. The van der Waals surface area contributed by atoms with Crippen LogP contribution in [0.25, 0.3) is 0 Å². The SMILES string of the molecule is COc1cccc(C[C@H](N)c2cccc(OC)c2OC)c1OC. The summed E-state index contributed by atoms with van der Waals surface area (Å²) in [6.07, 6.45) is 0.587. The predicted molar refractivity (Wildman–Crippen MR) is 89.7 cm³/mol. The maximum Gasteiger partial charge on any atom is 0.165 e. The van der Waals surface area contributed by atoms with Gasteiger partial charge in [0.05, 0.1) is 28.4 Å². The highest BCUT2D eigenvalue weighted by atomic mass is 16.5. The van der Waals surface area contributed by atoms with Gasteiger partial charge >= 0.3 is 0 Å². The van der Waals surface area contributed by atoms with Crippen molar-refractivity contribution in [3.8, 4) is 23.0 Å². The molecule has 0 radical (unpaired) electrons. The molecule has 0 aliphatic rings. The zero-order valence-corrected chi connectivity index (χ0v) is 14.0. The molecule has 2 aromatic rings. The molecule has 23 heavy (non-hydrogen) atoms. The molecule has 0 fully saturated rings. The third kappa shape index (κ3) is 3.51. The van der Waals surface area contributed by atoms with Gasteiger partial charge in [0.1, 0.15) is 0 Å². The molecule has 2 rings (SSSR count). The number of hydrogen-bond donors (Lipinski definition) is 1. The number of ether oxygens (including phenoxy) is 4. The van der Waals surface area contributed by atoms with Gasteiger partial charge in [-0.25, -0.2) is 0 Å². The summed E-state index contributed by atoms with van der Waals surface area (Å²) in [4.78, 5) is 0. The quantitative estimate of drug-likeness (QED) is 0.850. The van der Waals surface area contributed by atoms with Crippen molar-refractivity contribution in [3.05, 3.63) is 47.5 Å². The van der Waals surface area contributed by atoms with E-state index in [4.69, 9.17) is 24.7 Å². The van der Waals surface area contributed by atoms with Crippen LogP contribution in [0.4, 0.5) is 0 Å². The Balaban J connectivity index is 2.35. The van der Waals surface area contributed by atoms with E-state index in [1.54, 1.807) is 28.4 Å². The number of para-hydroxylation sites is 2. The van der Waals surface area contributed by atoms with Gasteiger partial charge in [-0.3, -0.25) is 0 Å². The molecule has 2 aromatic carbocycles. The van der Waals surface area contributed by atoms with Gasteiger partial charge in [0.25, 0.3) is 0 Å². The maximum atomic E-state index is 6.41. The third-order valence-corrected chi connectivity index (χ3v) is 3.76. The van der Waals surface area contributed by atoms with Crippen LogP contribution in [-0.4, -0.2) is 28.4 Å². The molecule has 0 heterocycles. The van der Waals surface area contributed by atoms with Crippen molar-refractivity contribution in [3.63, 3.8) is 0 Å². The molecule has 1 atom stereocenters. The van der Waals surface area contributed by atoms with Gasteiger partial charge in [-0.2, -0.15) is 0 Å². The highest BCUT2D eigenvalue weighted by molar-refractivity contribution is 5.50. The summed E-state index contributed by atoms with van der Waals surface area (Å²) in [6.45, 7) is 0. The van der Waals surface area contributed by atoms with Crippen LogP contribution in [0, 0.1) is 0 Å². The van der Waals surface area contributed by atoms with E-state index in [1.807, 2.05) is 36.4 Å². The van der Waals surface area contributed by atoms with Crippen LogP contribution < -0.4 is 24.7 Å². The van der Waals surface area contributed by atoms with Crippen molar-refractivity contribution >= 4 is 0 Å². The van der Waals surface area contributed by atoms with Crippen LogP contribution in [0.2, 0.25) is 0 Å². The summed E-state index contributed by atoms with van der Waals surface area (Å²) < 4.78 is 21.6. The molecule has 0 amide bonds. The monoisotopic (exact) mass is 317 g/mol. The van der Waals surface area contributed by atoms with Crippen LogP contribution in [-0.2, 0) is 6.42 Å². The average Bonchev–Trinajstić information content (AvgIpc) is 2.60. The largest absolute Gasteiger partial charge is 0.493 e. The Hall–Kier alpha value is -2.40. The Morgan fingerprint density at radius 1 is 0.783 bits per heavy atom. The number of benzene rings is 2. The zero-order valence-electron chi connectivity index (χ0n) is 14.0. The molecule has 0 saturated heterocycles. The summed E-state index contributed by atoms with van der Waals surface area (Å²) in [5, 5.41) is 0. The first kappa shape index (κ1) is 17.0. The van der Waals surface area contributed by atoms with E-state index < -0.39 is 0 Å². The number of rotatable bonds is 7. The van der Waals surface area contributed by atoms with Crippen LogP contribution in [0.5, 0.6) is 23.0 Å². The Bertz CT molecular complexity index is 657. The number of methoxy groups -OCH3 is 4. The minimum Gasteiger partial charge on any atom is -0.493 e. The second-order valence-electron chi connectivity index (χ2n) is 5.05. The topological polar surface area (TPSA) is 62.9 Å². The molecule has 0 unspecified atom stereocenters. The first-order valence-corrected chi connectivity index (χ1v) is 7.32. The second-order valence-corrected chi connectivity index (χ2v) is 5.05. The third-order valence-electron chi connectivity index (χ3n) is 3.76. The lowest BCUT2D eigenvalue weighted by Crippen LogP contribution is -2.15. The lowest BCUT2D eigenvalue weighted by atomic mass is 9.97. The molecule has 0 aromatic heterocycles. The summed E-state index contributed by atoms with van der Waals surface area (Å²) in [5.41, 5.74) is 8.27. The number of hydrogen-bond acceptors (Lipinski definition) is 5. The molecule has 0 spiro atoms. The maximum absolute atomic E-state index is 6.41. The van der Waals surface area contributed by atoms with E-state index in [9.17, 15) is 0 Å². The fraction of sp³-hybridized carbons (Fsp3) is 0.333. The predicted octanol–water partition coefficient (Wildman–Crippen LogP) is 2.96. The van der Waals surface area contributed by atoms with Gasteiger partial charge in [-0.1, -0.05) is 24.3 Å². The standard InChI is InChI=1S/C18H23NO4/c1-20-15-9-5-7-12(17(15)22-3)11-14(19)13-8-6-10-16(21-2)18(13)23-4/h5-10,14H,11,19H2,1-4H3/t14-/m0/s1. The van der Waals surface area contributed by atoms with Crippen molar-refractivity contribution in [1.82, 2.24) is 0 Å². The molecule has 0 bridgehead atoms. The Morgan fingerprint density at radius 3 is 1.91 bits per heavy atom. The van der Waals surface area contributed by atoms with Crippen LogP contribution in [0.15, 0.2) is 36.4 Å². The van der Waals surface area contributed by atoms with Gasteiger partial charge in [-0.05, 0) is 24.1 Å². The summed E-state index contributed by atoms with van der Waals surface area (Å²) in [6, 6.07) is 11.2. The minimum atomic E-state index is -0.263. The normalized spacial score (nSPS) is 11.7. The lowest BCUT2D eigenvalue weighted by molar-refractivity contribution is 0.346. The Labute approximate surface area is 136 Å². The molecule has 0 aliphatic carbocycles. The molecule has 5 heteroatoms. The van der Waals surface area contributed by atoms with Crippen LogP contribution in [0.1, 0.15) is 17.2 Å². The highest BCUT2D eigenvalue weighted by Crippen LogP contribution is 2.37. The minimum absolute atomic E-state index is 0.263. The average molecular weight is 317 g/mol. The molecule has 2 N–H and O–H groups in total. The zero-order chi connectivity index (χ0) is 16.8. The molecule has 5 nitrogen and oxygen atoms in total. The summed E-state index contributed by atoms with van der Waals surface area (Å²) >= 11 is 0. The number of nitrogens with two attached hydrogens (primary N) is 1. The van der Waals surface area contributed by atoms with E-state index in [0.717, 1.165) is 11.1 Å². The Morgan fingerprint density at radius 2 is 1.35 bits per heavy atom. The molecule has 0 aliphatic heterocycles. The highest BCUT2D eigenvalue weighted by Gasteiger charge is 2.19. The van der Waals surface area contributed by atoms with Gasteiger partial charge in [-0.15, -0.1) is 0 Å². The van der Waals surface area contributed by atoms with E-state index in [2.05, 4.69) is 0 Å². The molecular weight excluding hydrogens is 294 g/mol.